The van der Waals surface area contributed by atoms with Gasteiger partial charge in [0.1, 0.15) is 11.5 Å². The summed E-state index contributed by atoms with van der Waals surface area (Å²) in [4.78, 5) is 0. The van der Waals surface area contributed by atoms with E-state index in [9.17, 15) is 0 Å². The van der Waals surface area contributed by atoms with Gasteiger partial charge in [-0.2, -0.15) is 4.57 Å². The van der Waals surface area contributed by atoms with E-state index in [1.54, 1.807) is 6.26 Å². The van der Waals surface area contributed by atoms with Gasteiger partial charge in [-0.15, -0.1) is 0 Å². The van der Waals surface area contributed by atoms with Crippen LogP contribution in [0, 0.1) is 0 Å². The van der Waals surface area contributed by atoms with Crippen LogP contribution in [0.2, 0.25) is 0 Å². The van der Waals surface area contributed by atoms with Crippen LogP contribution in [-0.4, -0.2) is 6.61 Å². The molecule has 126 valence electrons. The number of nitrogens with zero attached hydrogens (tertiary/aromatic N) is 1. The van der Waals surface area contributed by atoms with E-state index in [1.807, 2.05) is 6.26 Å². The normalized spacial score (nSPS) is 29.3. The molecule has 0 N–H and O–H groups in total. The van der Waals surface area contributed by atoms with E-state index in [-0.39, 0.29) is 11.5 Å². The van der Waals surface area contributed by atoms with Crippen LogP contribution in [0.25, 0.3) is 0 Å². The molecule has 1 aromatic carbocycles. The Morgan fingerprint density at radius 2 is 2.00 bits per heavy atom. The van der Waals surface area contributed by atoms with Crippen molar-refractivity contribution in [3.63, 3.8) is 0 Å². The molecule has 3 unspecified atom stereocenters. The van der Waals surface area contributed by atoms with Crippen molar-refractivity contribution in [2.24, 2.45) is 0 Å². The number of hydrogen-bond donors (Lipinski definition) is 0. The minimum atomic E-state index is -0.397. The second-order valence-electron chi connectivity index (χ2n) is 7.30. The number of benzene rings is 1. The Labute approximate surface area is 147 Å². The molecule has 1 aliphatic carbocycles. The van der Waals surface area contributed by atoms with Crippen molar-refractivity contribution in [2.75, 3.05) is 6.61 Å². The maximum Gasteiger partial charge on any atom is 0.194 e. The Bertz CT molecular complexity index is 883. The van der Waals surface area contributed by atoms with Gasteiger partial charge in [0, 0.05) is 36.8 Å². The third-order valence-electron chi connectivity index (χ3n) is 6.06. The molecule has 4 heterocycles. The molecule has 0 spiro atoms. The fourth-order valence-corrected chi connectivity index (χ4v) is 5.20. The third-order valence-corrected chi connectivity index (χ3v) is 6.06. The predicted molar refractivity (Wildman–Crippen MR) is 94.3 cm³/mol. The van der Waals surface area contributed by atoms with Gasteiger partial charge < -0.3 is 9.15 Å². The van der Waals surface area contributed by atoms with Crippen LogP contribution in [0.15, 0.2) is 71.7 Å². The number of hydrogen-bond acceptors (Lipinski definition) is 2. The number of furan rings is 1. The van der Waals surface area contributed by atoms with Crippen LogP contribution in [0.1, 0.15) is 48.6 Å². The van der Waals surface area contributed by atoms with Gasteiger partial charge in [-0.25, -0.2) is 0 Å². The molecule has 0 amide bonds. The van der Waals surface area contributed by atoms with E-state index < -0.39 is 5.60 Å². The quantitative estimate of drug-likeness (QED) is 0.675. The minimum absolute atomic E-state index is 0.144. The molecule has 2 bridgehead atoms. The van der Waals surface area contributed by atoms with Crippen LogP contribution in [0.5, 0.6) is 0 Å². The maximum atomic E-state index is 6.55. The van der Waals surface area contributed by atoms with Crippen LogP contribution in [0.3, 0.4) is 0 Å². The molecule has 6 rings (SSSR count). The molecule has 25 heavy (non-hydrogen) atoms. The Morgan fingerprint density at radius 1 is 1.16 bits per heavy atom. The average Bonchev–Trinajstić information content (AvgIpc) is 3.18. The topological polar surface area (TPSA) is 26.2 Å². The van der Waals surface area contributed by atoms with Gasteiger partial charge in [-0.05, 0) is 18.6 Å². The molecule has 3 aromatic rings. The molecule has 3 heteroatoms. The third kappa shape index (κ3) is 1.77. The molecule has 0 radical (unpaired) electrons. The Hall–Kier alpha value is -2.39. The lowest BCUT2D eigenvalue weighted by molar-refractivity contribution is -0.772. The van der Waals surface area contributed by atoms with Crippen molar-refractivity contribution in [3.05, 3.63) is 89.6 Å². The minimum Gasteiger partial charge on any atom is -0.472 e. The molecule has 3 nitrogen and oxygen atoms in total. The van der Waals surface area contributed by atoms with E-state index in [1.165, 1.54) is 16.8 Å². The van der Waals surface area contributed by atoms with E-state index in [0.29, 0.717) is 6.61 Å². The Kier molecular flexibility index (Phi) is 3.02. The summed E-state index contributed by atoms with van der Waals surface area (Å²) in [6.45, 7) is 5.09. The molecule has 0 fully saturated rings. The summed E-state index contributed by atoms with van der Waals surface area (Å²) in [6, 6.07) is 17.4. The summed E-state index contributed by atoms with van der Waals surface area (Å²) in [5.41, 5.74) is 4.68. The summed E-state index contributed by atoms with van der Waals surface area (Å²) >= 11 is 0. The zero-order valence-electron chi connectivity index (χ0n) is 14.6. The zero-order valence-corrected chi connectivity index (χ0v) is 14.6. The lowest BCUT2D eigenvalue weighted by atomic mass is 9.58. The summed E-state index contributed by atoms with van der Waals surface area (Å²) in [6.07, 6.45) is 6.72. The SMILES string of the molecule is CCOC1(c2ccoc2)CC2(C)c3ccccc3C1c1cccc[n+]12. The Morgan fingerprint density at radius 3 is 2.80 bits per heavy atom. The molecule has 0 saturated heterocycles. The first-order valence-corrected chi connectivity index (χ1v) is 8.98. The highest BCUT2D eigenvalue weighted by Gasteiger charge is 2.64. The van der Waals surface area contributed by atoms with Crippen LogP contribution in [-0.2, 0) is 15.9 Å². The first-order chi connectivity index (χ1) is 12.2. The zero-order chi connectivity index (χ0) is 17.1. The highest BCUT2D eigenvalue weighted by Crippen LogP contribution is 2.58. The van der Waals surface area contributed by atoms with Gasteiger partial charge in [-0.1, -0.05) is 30.3 Å². The largest absolute Gasteiger partial charge is 0.472 e. The predicted octanol–water partition coefficient (Wildman–Crippen LogP) is 4.11. The molecule has 2 aromatic heterocycles. The van der Waals surface area contributed by atoms with Gasteiger partial charge in [0.15, 0.2) is 17.4 Å². The molecular weight excluding hydrogens is 310 g/mol. The van der Waals surface area contributed by atoms with Crippen molar-refractivity contribution in [1.29, 1.82) is 0 Å². The van der Waals surface area contributed by atoms with Crippen LogP contribution in [0.4, 0.5) is 0 Å². The molecule has 3 aliphatic rings. The molecule has 3 atom stereocenters. The summed E-state index contributed by atoms with van der Waals surface area (Å²) < 4.78 is 14.5. The fourth-order valence-electron chi connectivity index (χ4n) is 5.20. The standard InChI is InChI=1S/C22H22NO2/c1-3-25-22(16-11-13-24-14-16)15-21(2)18-9-5-4-8-17(18)20(22)19-10-6-7-12-23(19)21/h4-14,20H,3,15H2,1-2H3/q+1. The van der Waals surface area contributed by atoms with Crippen molar-refractivity contribution >= 4 is 0 Å². The van der Waals surface area contributed by atoms with E-state index >= 15 is 0 Å². The first kappa shape index (κ1) is 14.9. The average molecular weight is 332 g/mol. The highest BCUT2D eigenvalue weighted by molar-refractivity contribution is 5.49. The second-order valence-corrected chi connectivity index (χ2v) is 7.30. The summed E-state index contributed by atoms with van der Waals surface area (Å²) in [5, 5.41) is 0. The number of fused-ring (bicyclic) bond motifs is 1. The molecule has 0 saturated carbocycles. The van der Waals surface area contributed by atoms with E-state index in [2.05, 4.69) is 73.1 Å². The maximum absolute atomic E-state index is 6.55. The van der Waals surface area contributed by atoms with Crippen molar-refractivity contribution in [1.82, 2.24) is 0 Å². The lowest BCUT2D eigenvalue weighted by Gasteiger charge is -2.52. The smallest absolute Gasteiger partial charge is 0.194 e. The van der Waals surface area contributed by atoms with Crippen molar-refractivity contribution in [2.45, 2.75) is 37.3 Å². The summed E-state index contributed by atoms with van der Waals surface area (Å²) in [5.74, 6) is 0.157. The molecule has 2 aliphatic heterocycles. The van der Waals surface area contributed by atoms with Gasteiger partial charge >= 0.3 is 0 Å². The monoisotopic (exact) mass is 332 g/mol. The molecular formula is C22H22NO2+. The van der Waals surface area contributed by atoms with Gasteiger partial charge in [-0.3, -0.25) is 0 Å². The van der Waals surface area contributed by atoms with Crippen molar-refractivity contribution in [3.8, 4) is 0 Å². The van der Waals surface area contributed by atoms with Gasteiger partial charge in [0.05, 0.1) is 18.9 Å². The fraction of sp³-hybridized carbons (Fsp3) is 0.318. The number of rotatable bonds is 3. The van der Waals surface area contributed by atoms with Gasteiger partial charge in [0.2, 0.25) is 0 Å². The number of ether oxygens (including phenoxy) is 1. The van der Waals surface area contributed by atoms with E-state index in [4.69, 9.17) is 9.15 Å². The Balaban J connectivity index is 1.87. The van der Waals surface area contributed by atoms with Crippen LogP contribution >= 0.6 is 0 Å². The van der Waals surface area contributed by atoms with Crippen molar-refractivity contribution < 1.29 is 13.7 Å². The lowest BCUT2D eigenvalue weighted by Crippen LogP contribution is -2.69. The number of aromatic nitrogens is 1. The van der Waals surface area contributed by atoms with Gasteiger partial charge in [0.25, 0.3) is 0 Å². The highest BCUT2D eigenvalue weighted by atomic mass is 16.5. The second kappa shape index (κ2) is 5.06. The number of pyridine rings is 1. The van der Waals surface area contributed by atoms with Crippen LogP contribution < -0.4 is 4.57 Å². The summed E-state index contributed by atoms with van der Waals surface area (Å²) in [7, 11) is 0. The first-order valence-electron chi connectivity index (χ1n) is 8.98. The van der Waals surface area contributed by atoms with E-state index in [0.717, 1.165) is 12.0 Å².